The normalized spacial score (nSPS) is 13.8. The molecule has 0 spiro atoms. The maximum absolute atomic E-state index is 11.4. The molecule has 0 amide bonds. The summed E-state index contributed by atoms with van der Waals surface area (Å²) in [5.74, 6) is -0.887. The van der Waals surface area contributed by atoms with Crippen molar-refractivity contribution in [3.63, 3.8) is 0 Å². The molecule has 4 heteroatoms. The molecule has 3 nitrogen and oxygen atoms in total. The smallest absolute Gasteiger partial charge is 0.336 e. The van der Waals surface area contributed by atoms with Crippen LogP contribution in [0.4, 0.5) is 0 Å². The molecule has 0 aliphatic heterocycles. The molecule has 2 aromatic heterocycles. The zero-order valence-electron chi connectivity index (χ0n) is 10.5. The fourth-order valence-electron chi connectivity index (χ4n) is 2.32. The third-order valence-electron chi connectivity index (χ3n) is 3.29. The Bertz CT molecular complexity index is 672. The predicted octanol–water partition coefficient (Wildman–Crippen LogP) is 3.86. The summed E-state index contributed by atoms with van der Waals surface area (Å²) < 4.78 is 0. The average molecular weight is 271 g/mol. The second-order valence-corrected chi connectivity index (χ2v) is 5.64. The number of aromatic nitrogens is 1. The Morgan fingerprint density at radius 2 is 2.26 bits per heavy atom. The van der Waals surface area contributed by atoms with Crippen molar-refractivity contribution in [2.24, 2.45) is 0 Å². The summed E-state index contributed by atoms with van der Waals surface area (Å²) in [6, 6.07) is 5.60. The first kappa shape index (κ1) is 12.1. The molecule has 0 aromatic carbocycles. The summed E-state index contributed by atoms with van der Waals surface area (Å²) in [6.07, 6.45) is 3.72. The van der Waals surface area contributed by atoms with E-state index < -0.39 is 5.97 Å². The highest BCUT2D eigenvalue weighted by Crippen LogP contribution is 2.31. The molecule has 0 unspecified atom stereocenters. The van der Waals surface area contributed by atoms with E-state index in [1.54, 1.807) is 17.4 Å². The van der Waals surface area contributed by atoms with Crippen LogP contribution in [-0.2, 0) is 6.42 Å². The lowest BCUT2D eigenvalue weighted by atomic mass is 9.93. The largest absolute Gasteiger partial charge is 0.478 e. The zero-order valence-corrected chi connectivity index (χ0v) is 11.3. The molecule has 2 heterocycles. The zero-order chi connectivity index (χ0) is 13.4. The van der Waals surface area contributed by atoms with Crippen LogP contribution in [0, 0.1) is 0 Å². The van der Waals surface area contributed by atoms with Crippen molar-refractivity contribution in [3.8, 4) is 10.6 Å². The number of carboxylic acids is 1. The van der Waals surface area contributed by atoms with E-state index in [4.69, 9.17) is 0 Å². The number of thiophene rings is 1. The summed E-state index contributed by atoms with van der Waals surface area (Å²) >= 11 is 1.58. The number of allylic oxidation sites excluding steroid dienone is 1. The fraction of sp³-hybridized carbons (Fsp3) is 0.200. The van der Waals surface area contributed by atoms with Crippen molar-refractivity contribution < 1.29 is 9.90 Å². The number of aromatic carboxylic acids is 1. The highest BCUT2D eigenvalue weighted by Gasteiger charge is 2.19. The van der Waals surface area contributed by atoms with Crippen LogP contribution in [0.1, 0.15) is 35.0 Å². The first-order valence-electron chi connectivity index (χ1n) is 6.13. The van der Waals surface area contributed by atoms with E-state index >= 15 is 0 Å². The lowest BCUT2D eigenvalue weighted by Crippen LogP contribution is -2.09. The van der Waals surface area contributed by atoms with Crippen LogP contribution in [0.5, 0.6) is 0 Å². The van der Waals surface area contributed by atoms with Gasteiger partial charge >= 0.3 is 5.97 Å². The number of aryl methyl sites for hydroxylation is 1. The van der Waals surface area contributed by atoms with Gasteiger partial charge in [-0.1, -0.05) is 17.7 Å². The van der Waals surface area contributed by atoms with E-state index in [-0.39, 0.29) is 0 Å². The van der Waals surface area contributed by atoms with Crippen molar-refractivity contribution in [3.05, 3.63) is 46.0 Å². The van der Waals surface area contributed by atoms with Gasteiger partial charge in [0.25, 0.3) is 0 Å². The maximum atomic E-state index is 11.4. The molecule has 3 rings (SSSR count). The van der Waals surface area contributed by atoms with E-state index in [2.05, 4.69) is 4.98 Å². The van der Waals surface area contributed by atoms with Crippen LogP contribution in [0.3, 0.4) is 0 Å². The van der Waals surface area contributed by atoms with Crippen LogP contribution >= 0.6 is 11.3 Å². The molecule has 0 bridgehead atoms. The molecule has 2 aromatic rings. The third-order valence-corrected chi connectivity index (χ3v) is 4.18. The Hall–Kier alpha value is -1.94. The summed E-state index contributed by atoms with van der Waals surface area (Å²) in [6.45, 7) is 2.03. The number of carboxylic acid groups (broad SMARTS) is 1. The van der Waals surface area contributed by atoms with E-state index in [1.165, 1.54) is 5.57 Å². The van der Waals surface area contributed by atoms with Crippen molar-refractivity contribution in [2.75, 3.05) is 0 Å². The van der Waals surface area contributed by atoms with Gasteiger partial charge in [0.2, 0.25) is 0 Å². The minimum Gasteiger partial charge on any atom is -0.478 e. The van der Waals surface area contributed by atoms with Gasteiger partial charge in [-0.3, -0.25) is 4.98 Å². The van der Waals surface area contributed by atoms with Crippen LogP contribution in [-0.4, -0.2) is 16.1 Å². The maximum Gasteiger partial charge on any atom is 0.336 e. The molecule has 19 heavy (non-hydrogen) atoms. The van der Waals surface area contributed by atoms with E-state index in [9.17, 15) is 9.90 Å². The van der Waals surface area contributed by atoms with Crippen molar-refractivity contribution in [1.82, 2.24) is 4.98 Å². The topological polar surface area (TPSA) is 50.2 Å². The molecule has 0 atom stereocenters. The summed E-state index contributed by atoms with van der Waals surface area (Å²) in [7, 11) is 0. The highest BCUT2D eigenvalue weighted by atomic mass is 32.1. The molecule has 1 N–H and O–H groups in total. The number of nitrogens with zero attached hydrogens (tertiary/aromatic N) is 1. The minimum atomic E-state index is -0.887. The standard InChI is InChI=1S/C15H13NO2S/c1-9-4-5-12-10(7-9)11(15(17)18)8-13(16-12)14-3-2-6-19-14/h2-3,6-8H,4-5H2,1H3,(H,17,18). The Balaban J connectivity index is 2.22. The lowest BCUT2D eigenvalue weighted by molar-refractivity contribution is 0.0696. The first-order chi connectivity index (χ1) is 9.15. The molecule has 0 fully saturated rings. The molecule has 0 saturated carbocycles. The van der Waals surface area contributed by atoms with E-state index in [0.29, 0.717) is 5.56 Å². The van der Waals surface area contributed by atoms with Gasteiger partial charge in [0.1, 0.15) is 0 Å². The predicted molar refractivity (Wildman–Crippen MR) is 76.5 cm³/mol. The van der Waals surface area contributed by atoms with Crippen molar-refractivity contribution >= 4 is 23.4 Å². The summed E-state index contributed by atoms with van der Waals surface area (Å²) in [4.78, 5) is 17.1. The molecule has 1 aliphatic rings. The van der Waals surface area contributed by atoms with Crippen molar-refractivity contribution in [1.29, 1.82) is 0 Å². The number of fused-ring (bicyclic) bond motifs is 1. The number of carbonyl (C=O) groups is 1. The molecule has 0 radical (unpaired) electrons. The number of pyridine rings is 1. The van der Waals surface area contributed by atoms with Gasteiger partial charge < -0.3 is 5.11 Å². The van der Waals surface area contributed by atoms with E-state index in [0.717, 1.165) is 34.7 Å². The van der Waals surface area contributed by atoms with Gasteiger partial charge in [-0.05, 0) is 37.3 Å². The average Bonchev–Trinajstić information content (AvgIpc) is 2.91. The monoisotopic (exact) mass is 271 g/mol. The minimum absolute atomic E-state index is 0.354. The van der Waals surface area contributed by atoms with Gasteiger partial charge in [0.05, 0.1) is 16.1 Å². The second-order valence-electron chi connectivity index (χ2n) is 4.69. The third kappa shape index (κ3) is 2.19. The SMILES string of the molecule is CC1=Cc2c(C(=O)O)cc(-c3cccs3)nc2CC1. The Kier molecular flexibility index (Phi) is 2.95. The van der Waals surface area contributed by atoms with Crippen molar-refractivity contribution in [2.45, 2.75) is 19.8 Å². The second kappa shape index (κ2) is 4.63. The molecule has 96 valence electrons. The first-order valence-corrected chi connectivity index (χ1v) is 7.01. The highest BCUT2D eigenvalue weighted by molar-refractivity contribution is 7.13. The van der Waals surface area contributed by atoms with E-state index in [1.807, 2.05) is 30.5 Å². The number of hydrogen-bond donors (Lipinski definition) is 1. The Morgan fingerprint density at radius 3 is 2.95 bits per heavy atom. The Morgan fingerprint density at radius 1 is 1.42 bits per heavy atom. The van der Waals surface area contributed by atoms with Crippen LogP contribution < -0.4 is 0 Å². The molecular formula is C15H13NO2S. The van der Waals surface area contributed by atoms with Gasteiger partial charge in [-0.25, -0.2) is 4.79 Å². The quantitative estimate of drug-likeness (QED) is 0.902. The fourth-order valence-corrected chi connectivity index (χ4v) is 3.01. The lowest BCUT2D eigenvalue weighted by Gasteiger charge is -2.16. The van der Waals surface area contributed by atoms with Gasteiger partial charge in [0.15, 0.2) is 0 Å². The Labute approximate surface area is 115 Å². The molecular weight excluding hydrogens is 258 g/mol. The summed E-state index contributed by atoms with van der Waals surface area (Å²) in [5, 5.41) is 11.4. The molecule has 0 saturated heterocycles. The van der Waals surface area contributed by atoms with Gasteiger partial charge in [0, 0.05) is 11.3 Å². The van der Waals surface area contributed by atoms with Gasteiger partial charge in [-0.15, -0.1) is 11.3 Å². The summed E-state index contributed by atoms with van der Waals surface area (Å²) in [5.41, 5.74) is 4.00. The van der Waals surface area contributed by atoms with Crippen LogP contribution in [0.15, 0.2) is 29.2 Å². The number of rotatable bonds is 2. The molecule has 1 aliphatic carbocycles. The number of hydrogen-bond acceptors (Lipinski definition) is 3. The van der Waals surface area contributed by atoms with Crippen LogP contribution in [0.2, 0.25) is 0 Å². The van der Waals surface area contributed by atoms with Crippen LogP contribution in [0.25, 0.3) is 16.6 Å². The van der Waals surface area contributed by atoms with Gasteiger partial charge in [-0.2, -0.15) is 0 Å².